The first-order chi connectivity index (χ1) is 11.7. The minimum absolute atomic E-state index is 0. The van der Waals surface area contributed by atoms with E-state index in [-0.39, 0.29) is 36.3 Å². The number of piperidine rings is 1. The fraction of sp³-hybridized carbons (Fsp3) is 0.579. The highest BCUT2D eigenvalue weighted by atomic mass is 35.5. The van der Waals surface area contributed by atoms with Gasteiger partial charge in [0.1, 0.15) is 6.04 Å². The highest BCUT2D eigenvalue weighted by Crippen LogP contribution is 2.27. The maximum atomic E-state index is 12.8. The van der Waals surface area contributed by atoms with Crippen molar-refractivity contribution >= 4 is 24.2 Å². The lowest BCUT2D eigenvalue weighted by molar-refractivity contribution is -0.125. The van der Waals surface area contributed by atoms with Crippen molar-refractivity contribution in [2.24, 2.45) is 0 Å². The molecule has 0 saturated carbocycles. The Bertz CT molecular complexity index is 612. The van der Waals surface area contributed by atoms with Crippen LogP contribution in [0.5, 0.6) is 0 Å². The quantitative estimate of drug-likeness (QED) is 0.864. The van der Waals surface area contributed by atoms with E-state index >= 15 is 0 Å². The number of nitrogens with one attached hydrogen (secondary N) is 2. The van der Waals surface area contributed by atoms with Gasteiger partial charge in [-0.2, -0.15) is 0 Å². The second-order valence-corrected chi connectivity index (χ2v) is 7.34. The van der Waals surface area contributed by atoms with Gasteiger partial charge in [0, 0.05) is 30.2 Å². The van der Waals surface area contributed by atoms with E-state index in [4.69, 9.17) is 0 Å². The molecule has 2 N–H and O–H groups in total. The zero-order valence-electron chi connectivity index (χ0n) is 14.3. The van der Waals surface area contributed by atoms with Crippen molar-refractivity contribution in [3.63, 3.8) is 0 Å². The molecule has 3 aliphatic heterocycles. The Kier molecular flexibility index (Phi) is 5.64. The summed E-state index contributed by atoms with van der Waals surface area (Å²) in [7, 11) is 0. The Morgan fingerprint density at radius 1 is 1.04 bits per heavy atom. The van der Waals surface area contributed by atoms with Crippen molar-refractivity contribution < 1.29 is 9.59 Å². The third-order valence-corrected chi connectivity index (χ3v) is 5.66. The molecule has 3 saturated heterocycles. The summed E-state index contributed by atoms with van der Waals surface area (Å²) in [5.41, 5.74) is 0.664. The number of fused-ring (bicyclic) bond motifs is 2. The van der Waals surface area contributed by atoms with Gasteiger partial charge in [-0.3, -0.25) is 9.59 Å². The Morgan fingerprint density at radius 2 is 1.72 bits per heavy atom. The molecule has 2 bridgehead atoms. The zero-order valence-corrected chi connectivity index (χ0v) is 15.1. The number of rotatable bonds is 3. The van der Waals surface area contributed by atoms with Gasteiger partial charge in [-0.05, 0) is 50.7 Å². The fourth-order valence-corrected chi connectivity index (χ4v) is 4.50. The number of amides is 2. The summed E-state index contributed by atoms with van der Waals surface area (Å²) < 4.78 is 0. The summed E-state index contributed by atoms with van der Waals surface area (Å²) in [5, 5.41) is 6.82. The van der Waals surface area contributed by atoms with Crippen LogP contribution in [0.1, 0.15) is 48.9 Å². The van der Waals surface area contributed by atoms with Crippen LogP contribution in [0.2, 0.25) is 0 Å². The molecule has 3 atom stereocenters. The van der Waals surface area contributed by atoms with Gasteiger partial charge in [0.15, 0.2) is 0 Å². The molecular weight excluding hydrogens is 338 g/mol. The summed E-state index contributed by atoms with van der Waals surface area (Å²) in [5.74, 6) is 0.00158. The smallest absolute Gasteiger partial charge is 0.254 e. The molecule has 1 aromatic rings. The average molecular weight is 364 g/mol. The van der Waals surface area contributed by atoms with Crippen molar-refractivity contribution in [3.05, 3.63) is 35.9 Å². The topological polar surface area (TPSA) is 61.4 Å². The van der Waals surface area contributed by atoms with E-state index in [9.17, 15) is 9.59 Å². The van der Waals surface area contributed by atoms with E-state index in [2.05, 4.69) is 10.6 Å². The maximum absolute atomic E-state index is 12.8. The molecule has 5 nitrogen and oxygen atoms in total. The molecule has 3 fully saturated rings. The number of hydrogen-bond donors (Lipinski definition) is 2. The molecule has 3 heterocycles. The lowest BCUT2D eigenvalue weighted by atomic mass is 9.99. The Balaban J connectivity index is 0.00000182. The minimum Gasteiger partial charge on any atom is -0.351 e. The van der Waals surface area contributed by atoms with Gasteiger partial charge in [0.2, 0.25) is 5.91 Å². The highest BCUT2D eigenvalue weighted by Gasteiger charge is 2.38. The van der Waals surface area contributed by atoms with Crippen LogP contribution >= 0.6 is 12.4 Å². The predicted octanol–water partition coefficient (Wildman–Crippen LogP) is 2.11. The van der Waals surface area contributed by atoms with Crippen molar-refractivity contribution in [3.8, 4) is 0 Å². The van der Waals surface area contributed by atoms with E-state index < -0.39 is 0 Å². The Labute approximate surface area is 154 Å². The SMILES string of the molecule is Cl.O=C(NC1CC2CCC(C1)N2)C1CCCN1C(=O)c1ccccc1. The van der Waals surface area contributed by atoms with E-state index in [1.54, 1.807) is 4.90 Å². The fourth-order valence-electron chi connectivity index (χ4n) is 4.50. The molecule has 0 aliphatic carbocycles. The maximum Gasteiger partial charge on any atom is 0.254 e. The normalized spacial score (nSPS) is 30.6. The van der Waals surface area contributed by atoms with Crippen LogP contribution in [-0.2, 0) is 4.79 Å². The molecule has 0 radical (unpaired) electrons. The van der Waals surface area contributed by atoms with Gasteiger partial charge < -0.3 is 15.5 Å². The number of carbonyl (C=O) groups is 2. The first-order valence-electron chi connectivity index (χ1n) is 9.13. The molecule has 136 valence electrons. The van der Waals surface area contributed by atoms with Crippen LogP contribution in [0, 0.1) is 0 Å². The highest BCUT2D eigenvalue weighted by molar-refractivity contribution is 5.98. The van der Waals surface area contributed by atoms with E-state index in [0.717, 1.165) is 25.7 Å². The lowest BCUT2D eigenvalue weighted by Gasteiger charge is -2.32. The number of halogens is 1. The molecule has 6 heteroatoms. The number of hydrogen-bond acceptors (Lipinski definition) is 3. The summed E-state index contributed by atoms with van der Waals surface area (Å²) in [6.45, 7) is 0.670. The first kappa shape index (κ1) is 18.2. The molecule has 2 amide bonds. The van der Waals surface area contributed by atoms with Crippen LogP contribution in [0.4, 0.5) is 0 Å². The van der Waals surface area contributed by atoms with Gasteiger partial charge in [-0.1, -0.05) is 18.2 Å². The first-order valence-corrected chi connectivity index (χ1v) is 9.13. The van der Waals surface area contributed by atoms with Crippen molar-refractivity contribution in [1.29, 1.82) is 0 Å². The number of likely N-dealkylation sites (tertiary alicyclic amines) is 1. The Hall–Kier alpha value is -1.59. The van der Waals surface area contributed by atoms with Crippen molar-refractivity contribution in [2.75, 3.05) is 6.54 Å². The van der Waals surface area contributed by atoms with Crippen LogP contribution < -0.4 is 10.6 Å². The zero-order chi connectivity index (χ0) is 16.5. The summed E-state index contributed by atoms with van der Waals surface area (Å²) in [6.07, 6.45) is 6.14. The average Bonchev–Trinajstić information content (AvgIpc) is 3.22. The molecule has 1 aromatic carbocycles. The van der Waals surface area contributed by atoms with E-state index in [0.29, 0.717) is 24.2 Å². The third-order valence-electron chi connectivity index (χ3n) is 5.66. The van der Waals surface area contributed by atoms with E-state index in [1.807, 2.05) is 30.3 Å². The predicted molar refractivity (Wildman–Crippen MR) is 98.9 cm³/mol. The lowest BCUT2D eigenvalue weighted by Crippen LogP contribution is -2.53. The van der Waals surface area contributed by atoms with Gasteiger partial charge >= 0.3 is 0 Å². The van der Waals surface area contributed by atoms with Gasteiger partial charge in [-0.15, -0.1) is 12.4 Å². The second-order valence-electron chi connectivity index (χ2n) is 7.34. The minimum atomic E-state index is -0.315. The third kappa shape index (κ3) is 3.82. The standard InChI is InChI=1S/C19H25N3O2.ClH/c23-18(21-16-11-14-8-9-15(12-16)20-14)17-7-4-10-22(17)19(24)13-5-2-1-3-6-13;/h1-3,5-6,14-17,20H,4,7-12H2,(H,21,23);1H. The largest absolute Gasteiger partial charge is 0.351 e. The molecule has 3 unspecified atom stereocenters. The molecular formula is C19H26ClN3O2. The summed E-state index contributed by atoms with van der Waals surface area (Å²) >= 11 is 0. The summed E-state index contributed by atoms with van der Waals surface area (Å²) in [4.78, 5) is 27.2. The van der Waals surface area contributed by atoms with Crippen LogP contribution in [0.15, 0.2) is 30.3 Å². The molecule has 3 aliphatic rings. The number of carbonyl (C=O) groups excluding carboxylic acids is 2. The van der Waals surface area contributed by atoms with Gasteiger partial charge in [0.05, 0.1) is 0 Å². The van der Waals surface area contributed by atoms with Gasteiger partial charge in [-0.25, -0.2) is 0 Å². The second kappa shape index (κ2) is 7.75. The van der Waals surface area contributed by atoms with Crippen LogP contribution in [0.3, 0.4) is 0 Å². The molecule has 0 spiro atoms. The van der Waals surface area contributed by atoms with Crippen molar-refractivity contribution in [1.82, 2.24) is 15.5 Å². The molecule has 0 aromatic heterocycles. The summed E-state index contributed by atoms with van der Waals surface area (Å²) in [6, 6.07) is 10.3. The van der Waals surface area contributed by atoms with Crippen LogP contribution in [0.25, 0.3) is 0 Å². The van der Waals surface area contributed by atoms with Crippen LogP contribution in [-0.4, -0.2) is 47.4 Å². The number of nitrogens with zero attached hydrogens (tertiary/aromatic N) is 1. The number of benzene rings is 1. The Morgan fingerprint density at radius 3 is 2.40 bits per heavy atom. The van der Waals surface area contributed by atoms with Gasteiger partial charge in [0.25, 0.3) is 5.91 Å². The van der Waals surface area contributed by atoms with Crippen molar-refractivity contribution in [2.45, 2.75) is 62.7 Å². The molecule has 25 heavy (non-hydrogen) atoms. The van der Waals surface area contributed by atoms with E-state index in [1.165, 1.54) is 12.8 Å². The molecule has 4 rings (SSSR count). The monoisotopic (exact) mass is 363 g/mol.